The van der Waals surface area contributed by atoms with E-state index in [-0.39, 0.29) is 0 Å². The smallest absolute Gasteiger partial charge is 0.110 e. The molecule has 0 aliphatic carbocycles. The lowest BCUT2D eigenvalue weighted by Crippen LogP contribution is -1.92. The molecule has 0 aliphatic heterocycles. The van der Waals surface area contributed by atoms with Crippen LogP contribution in [-0.2, 0) is 7.05 Å². The molecule has 0 amide bonds. The summed E-state index contributed by atoms with van der Waals surface area (Å²) in [5.74, 6) is 6.73. The largest absolute Gasteiger partial charge is 0.260 e. The van der Waals surface area contributed by atoms with Gasteiger partial charge in [-0.15, -0.1) is 11.6 Å². The first-order chi connectivity index (χ1) is 5.84. The number of aryl methyl sites for hydroxylation is 1. The van der Waals surface area contributed by atoms with Crippen LogP contribution >= 0.6 is 11.6 Å². The number of rotatable bonds is 2. The number of hydrogen-bond acceptors (Lipinski definition) is 1. The molecule has 1 rings (SSSR count). The second kappa shape index (κ2) is 4.84. The Balaban J connectivity index is 2.49. The standard InChI is InChI=1S/C9H11ClN2/c1-12-9(6-8-11-12)5-3-2-4-7-10/h6,8H,2,4,7H2,1H3. The zero-order valence-electron chi connectivity index (χ0n) is 7.05. The zero-order chi connectivity index (χ0) is 8.81. The fourth-order valence-electron chi connectivity index (χ4n) is 0.805. The summed E-state index contributed by atoms with van der Waals surface area (Å²) in [6.45, 7) is 0. The Labute approximate surface area is 77.5 Å². The summed E-state index contributed by atoms with van der Waals surface area (Å²) < 4.78 is 1.76. The fourth-order valence-corrected chi connectivity index (χ4v) is 0.938. The Morgan fingerprint density at radius 3 is 3.08 bits per heavy atom. The van der Waals surface area contributed by atoms with Gasteiger partial charge < -0.3 is 0 Å². The molecule has 0 aliphatic rings. The maximum Gasteiger partial charge on any atom is 0.110 e. The molecule has 1 aromatic heterocycles. The summed E-state index contributed by atoms with van der Waals surface area (Å²) in [5, 5.41) is 4.00. The molecule has 0 aromatic carbocycles. The van der Waals surface area contributed by atoms with Crippen LogP contribution in [0, 0.1) is 11.8 Å². The van der Waals surface area contributed by atoms with Crippen LogP contribution in [0.4, 0.5) is 0 Å². The van der Waals surface area contributed by atoms with E-state index in [0.29, 0.717) is 5.88 Å². The van der Waals surface area contributed by atoms with E-state index in [1.54, 1.807) is 10.9 Å². The van der Waals surface area contributed by atoms with Crippen LogP contribution in [0.5, 0.6) is 0 Å². The van der Waals surface area contributed by atoms with E-state index in [1.165, 1.54) is 0 Å². The highest BCUT2D eigenvalue weighted by Crippen LogP contribution is 1.94. The van der Waals surface area contributed by atoms with Crippen molar-refractivity contribution in [2.75, 3.05) is 5.88 Å². The third-order valence-corrected chi connectivity index (χ3v) is 1.74. The minimum Gasteiger partial charge on any atom is -0.260 e. The van der Waals surface area contributed by atoms with Crippen LogP contribution in [0.15, 0.2) is 12.3 Å². The van der Waals surface area contributed by atoms with Gasteiger partial charge in [-0.05, 0) is 18.4 Å². The first-order valence-electron chi connectivity index (χ1n) is 3.87. The van der Waals surface area contributed by atoms with E-state index in [1.807, 2.05) is 13.1 Å². The van der Waals surface area contributed by atoms with E-state index < -0.39 is 0 Å². The van der Waals surface area contributed by atoms with Gasteiger partial charge in [0, 0.05) is 19.3 Å². The number of halogens is 1. The molecule has 1 aromatic rings. The molecule has 64 valence electrons. The van der Waals surface area contributed by atoms with Crippen molar-refractivity contribution >= 4 is 11.6 Å². The highest BCUT2D eigenvalue weighted by atomic mass is 35.5. The summed E-state index contributed by atoms with van der Waals surface area (Å²) in [7, 11) is 1.88. The number of aromatic nitrogens is 2. The van der Waals surface area contributed by atoms with Crippen LogP contribution in [-0.4, -0.2) is 15.7 Å². The van der Waals surface area contributed by atoms with E-state index >= 15 is 0 Å². The van der Waals surface area contributed by atoms with E-state index in [0.717, 1.165) is 18.5 Å². The predicted octanol–water partition coefficient (Wildman–Crippen LogP) is 1.79. The Morgan fingerprint density at radius 2 is 2.50 bits per heavy atom. The fraction of sp³-hybridized carbons (Fsp3) is 0.444. The summed E-state index contributed by atoms with van der Waals surface area (Å²) in [4.78, 5) is 0. The average molecular weight is 183 g/mol. The van der Waals surface area contributed by atoms with E-state index in [9.17, 15) is 0 Å². The number of nitrogens with zero attached hydrogens (tertiary/aromatic N) is 2. The number of hydrogen-bond donors (Lipinski definition) is 0. The molecule has 0 N–H and O–H groups in total. The minimum atomic E-state index is 0.681. The Hall–Kier alpha value is -0.940. The lowest BCUT2D eigenvalue weighted by Gasteiger charge is -1.89. The second-order valence-electron chi connectivity index (χ2n) is 2.43. The molecule has 0 unspecified atom stereocenters. The van der Waals surface area contributed by atoms with Crippen molar-refractivity contribution in [2.24, 2.45) is 7.05 Å². The minimum absolute atomic E-state index is 0.681. The quantitative estimate of drug-likeness (QED) is 0.388. The monoisotopic (exact) mass is 182 g/mol. The molecular weight excluding hydrogens is 172 g/mol. The molecule has 0 saturated carbocycles. The van der Waals surface area contributed by atoms with Gasteiger partial charge in [0.05, 0.1) is 6.20 Å². The Bertz CT molecular complexity index is 293. The van der Waals surface area contributed by atoms with Gasteiger partial charge in [-0.2, -0.15) is 5.10 Å². The van der Waals surface area contributed by atoms with Gasteiger partial charge in [-0.3, -0.25) is 4.68 Å². The first-order valence-corrected chi connectivity index (χ1v) is 4.41. The summed E-state index contributed by atoms with van der Waals surface area (Å²) >= 11 is 5.51. The maximum absolute atomic E-state index is 5.51. The van der Waals surface area contributed by atoms with Crippen LogP contribution in [0.3, 0.4) is 0 Å². The first kappa shape index (κ1) is 9.15. The van der Waals surface area contributed by atoms with Crippen molar-refractivity contribution in [1.82, 2.24) is 9.78 Å². The van der Waals surface area contributed by atoms with Crippen LogP contribution in [0.25, 0.3) is 0 Å². The normalized spacial score (nSPS) is 9.17. The predicted molar refractivity (Wildman–Crippen MR) is 50.0 cm³/mol. The molecular formula is C9H11ClN2. The molecule has 0 radical (unpaired) electrons. The van der Waals surface area contributed by atoms with Crippen LogP contribution in [0.2, 0.25) is 0 Å². The van der Waals surface area contributed by atoms with Gasteiger partial charge in [0.1, 0.15) is 5.69 Å². The van der Waals surface area contributed by atoms with Crippen molar-refractivity contribution < 1.29 is 0 Å². The molecule has 0 atom stereocenters. The van der Waals surface area contributed by atoms with Gasteiger partial charge in [0.15, 0.2) is 0 Å². The molecule has 1 heterocycles. The summed E-state index contributed by atoms with van der Waals surface area (Å²) in [5.41, 5.74) is 0.949. The Kier molecular flexibility index (Phi) is 3.69. The lowest BCUT2D eigenvalue weighted by molar-refractivity contribution is 0.757. The van der Waals surface area contributed by atoms with Crippen LogP contribution < -0.4 is 0 Å². The molecule has 0 bridgehead atoms. The Morgan fingerprint density at radius 1 is 1.67 bits per heavy atom. The van der Waals surface area contributed by atoms with Crippen molar-refractivity contribution in [2.45, 2.75) is 12.8 Å². The molecule has 12 heavy (non-hydrogen) atoms. The lowest BCUT2D eigenvalue weighted by atomic mass is 10.3. The van der Waals surface area contributed by atoms with Crippen LogP contribution in [0.1, 0.15) is 18.5 Å². The maximum atomic E-state index is 5.51. The average Bonchev–Trinajstić information content (AvgIpc) is 2.46. The van der Waals surface area contributed by atoms with Gasteiger partial charge in [-0.25, -0.2) is 0 Å². The molecule has 0 fully saturated rings. The third-order valence-electron chi connectivity index (χ3n) is 1.47. The highest BCUT2D eigenvalue weighted by molar-refractivity contribution is 6.17. The van der Waals surface area contributed by atoms with Gasteiger partial charge in [0.2, 0.25) is 0 Å². The van der Waals surface area contributed by atoms with Crippen molar-refractivity contribution in [3.05, 3.63) is 18.0 Å². The van der Waals surface area contributed by atoms with Crippen molar-refractivity contribution in [3.8, 4) is 11.8 Å². The van der Waals surface area contributed by atoms with E-state index in [4.69, 9.17) is 11.6 Å². The van der Waals surface area contributed by atoms with Gasteiger partial charge in [0.25, 0.3) is 0 Å². The SMILES string of the molecule is Cn1nccc1C#CCCCCl. The molecule has 3 heteroatoms. The number of unbranched alkanes of at least 4 members (excludes halogenated alkanes) is 1. The van der Waals surface area contributed by atoms with Gasteiger partial charge >= 0.3 is 0 Å². The summed E-state index contributed by atoms with van der Waals surface area (Å²) in [6, 6.07) is 1.90. The topological polar surface area (TPSA) is 17.8 Å². The van der Waals surface area contributed by atoms with E-state index in [2.05, 4.69) is 16.9 Å². The molecule has 0 spiro atoms. The summed E-state index contributed by atoms with van der Waals surface area (Å²) in [6.07, 6.45) is 3.55. The third kappa shape index (κ3) is 2.60. The zero-order valence-corrected chi connectivity index (χ0v) is 7.80. The van der Waals surface area contributed by atoms with Crippen molar-refractivity contribution in [3.63, 3.8) is 0 Å². The highest BCUT2D eigenvalue weighted by Gasteiger charge is 1.89. The molecule has 0 saturated heterocycles. The van der Waals surface area contributed by atoms with Crippen molar-refractivity contribution in [1.29, 1.82) is 0 Å². The number of alkyl halides is 1. The second-order valence-corrected chi connectivity index (χ2v) is 2.81. The van der Waals surface area contributed by atoms with Gasteiger partial charge in [-0.1, -0.05) is 5.92 Å². The molecule has 2 nitrogen and oxygen atoms in total.